The Morgan fingerprint density at radius 2 is 2.40 bits per heavy atom. The summed E-state index contributed by atoms with van der Waals surface area (Å²) in [6, 6.07) is 0. The molecule has 3 nitrogen and oxygen atoms in total. The van der Waals surface area contributed by atoms with Gasteiger partial charge in [0, 0.05) is 0 Å². The number of ether oxygens (including phenoxy) is 1. The summed E-state index contributed by atoms with van der Waals surface area (Å²) in [5.41, 5.74) is 0. The maximum absolute atomic E-state index is 10.7. The van der Waals surface area contributed by atoms with Crippen LogP contribution in [0.15, 0.2) is 0 Å². The molecule has 0 aromatic carbocycles. The molecule has 3 heteroatoms. The van der Waals surface area contributed by atoms with Crippen LogP contribution in [0.2, 0.25) is 0 Å². The number of esters is 1. The fourth-order valence-corrected chi connectivity index (χ4v) is 0.661. The third-order valence-electron chi connectivity index (χ3n) is 1.28. The summed E-state index contributed by atoms with van der Waals surface area (Å²) in [5.74, 6) is -0.280. The summed E-state index contributed by atoms with van der Waals surface area (Å²) in [6.45, 7) is 1.58. The summed E-state index contributed by atoms with van der Waals surface area (Å²) in [5, 5.41) is 8.76. The van der Waals surface area contributed by atoms with Crippen molar-refractivity contribution in [2.45, 2.75) is 38.4 Å². The van der Waals surface area contributed by atoms with Gasteiger partial charge in [0.05, 0.1) is 12.5 Å². The van der Waals surface area contributed by atoms with Crippen LogP contribution >= 0.6 is 0 Å². The van der Waals surface area contributed by atoms with Crippen molar-refractivity contribution in [3.05, 3.63) is 0 Å². The van der Waals surface area contributed by atoms with Gasteiger partial charge in [-0.3, -0.25) is 4.79 Å². The molecule has 58 valence electrons. The van der Waals surface area contributed by atoms with E-state index in [0.717, 1.165) is 12.8 Å². The molecule has 0 amide bonds. The van der Waals surface area contributed by atoms with Crippen LogP contribution in [0.25, 0.3) is 0 Å². The van der Waals surface area contributed by atoms with E-state index in [1.807, 2.05) is 0 Å². The van der Waals surface area contributed by atoms with Crippen LogP contribution in [-0.2, 0) is 9.53 Å². The first-order valence-corrected chi connectivity index (χ1v) is 3.56. The molecule has 1 aliphatic rings. The normalized spacial score (nSPS) is 20.2. The topological polar surface area (TPSA) is 46.5 Å². The lowest BCUT2D eigenvalue weighted by atomic mass is 10.3. The SMILES string of the molecule is CC(O)CC(=O)OC1CC1. The highest BCUT2D eigenvalue weighted by Crippen LogP contribution is 2.23. The van der Waals surface area contributed by atoms with Gasteiger partial charge in [-0.1, -0.05) is 0 Å². The quantitative estimate of drug-likeness (QED) is 0.585. The minimum Gasteiger partial charge on any atom is -0.462 e. The molecule has 1 unspecified atom stereocenters. The van der Waals surface area contributed by atoms with Gasteiger partial charge in [-0.05, 0) is 19.8 Å². The molecule has 1 saturated carbocycles. The van der Waals surface area contributed by atoms with Crippen molar-refractivity contribution in [2.75, 3.05) is 0 Å². The van der Waals surface area contributed by atoms with Gasteiger partial charge in [0.25, 0.3) is 0 Å². The highest BCUT2D eigenvalue weighted by Gasteiger charge is 2.26. The summed E-state index contributed by atoms with van der Waals surface area (Å²) < 4.78 is 4.87. The zero-order valence-electron chi connectivity index (χ0n) is 6.04. The van der Waals surface area contributed by atoms with Gasteiger partial charge in [0.2, 0.25) is 0 Å². The Morgan fingerprint density at radius 1 is 1.80 bits per heavy atom. The van der Waals surface area contributed by atoms with Crippen molar-refractivity contribution in [1.29, 1.82) is 0 Å². The molecule has 1 atom stereocenters. The van der Waals surface area contributed by atoms with E-state index in [9.17, 15) is 4.79 Å². The number of rotatable bonds is 3. The second kappa shape index (κ2) is 3.01. The van der Waals surface area contributed by atoms with Gasteiger partial charge in [-0.15, -0.1) is 0 Å². The van der Waals surface area contributed by atoms with Crippen molar-refractivity contribution in [3.63, 3.8) is 0 Å². The van der Waals surface area contributed by atoms with E-state index in [-0.39, 0.29) is 18.5 Å². The molecule has 0 aliphatic heterocycles. The van der Waals surface area contributed by atoms with Crippen LogP contribution in [0.1, 0.15) is 26.2 Å². The van der Waals surface area contributed by atoms with Crippen molar-refractivity contribution in [1.82, 2.24) is 0 Å². The maximum Gasteiger partial charge on any atom is 0.308 e. The average molecular weight is 144 g/mol. The van der Waals surface area contributed by atoms with Crippen molar-refractivity contribution >= 4 is 5.97 Å². The number of hydrogen-bond acceptors (Lipinski definition) is 3. The van der Waals surface area contributed by atoms with Crippen molar-refractivity contribution in [2.24, 2.45) is 0 Å². The Labute approximate surface area is 60.0 Å². The molecule has 0 saturated heterocycles. The van der Waals surface area contributed by atoms with Gasteiger partial charge < -0.3 is 9.84 Å². The van der Waals surface area contributed by atoms with E-state index >= 15 is 0 Å². The predicted molar refractivity (Wildman–Crippen MR) is 35.4 cm³/mol. The lowest BCUT2D eigenvalue weighted by Crippen LogP contribution is -2.13. The van der Waals surface area contributed by atoms with Gasteiger partial charge in [0.15, 0.2) is 0 Å². The van der Waals surface area contributed by atoms with Gasteiger partial charge in [-0.2, -0.15) is 0 Å². The van der Waals surface area contributed by atoms with Crippen LogP contribution in [0, 0.1) is 0 Å². The molecule has 1 rings (SSSR count). The average Bonchev–Trinajstić information content (AvgIpc) is 2.46. The zero-order chi connectivity index (χ0) is 7.56. The lowest BCUT2D eigenvalue weighted by molar-refractivity contribution is -0.146. The lowest BCUT2D eigenvalue weighted by Gasteiger charge is -2.03. The fraction of sp³-hybridized carbons (Fsp3) is 0.857. The first-order valence-electron chi connectivity index (χ1n) is 3.56. The van der Waals surface area contributed by atoms with Gasteiger partial charge in [-0.25, -0.2) is 0 Å². The maximum atomic E-state index is 10.7. The van der Waals surface area contributed by atoms with E-state index in [1.165, 1.54) is 0 Å². The van der Waals surface area contributed by atoms with E-state index in [1.54, 1.807) is 6.92 Å². The molecule has 0 aromatic heterocycles. The zero-order valence-corrected chi connectivity index (χ0v) is 6.04. The third kappa shape index (κ3) is 2.82. The molecule has 1 fully saturated rings. The molecule has 0 radical (unpaired) electrons. The molecular formula is C7H12O3. The minimum absolute atomic E-state index is 0.122. The summed E-state index contributed by atoms with van der Waals surface area (Å²) in [7, 11) is 0. The number of carbonyl (C=O) groups excluding carboxylic acids is 1. The number of aliphatic hydroxyl groups excluding tert-OH is 1. The van der Waals surface area contributed by atoms with Crippen molar-refractivity contribution in [3.8, 4) is 0 Å². The molecule has 0 aromatic rings. The van der Waals surface area contributed by atoms with E-state index in [4.69, 9.17) is 9.84 Å². The second-order valence-electron chi connectivity index (χ2n) is 2.74. The molecule has 0 bridgehead atoms. The minimum atomic E-state index is -0.578. The Hall–Kier alpha value is -0.570. The van der Waals surface area contributed by atoms with Crippen molar-refractivity contribution < 1.29 is 14.6 Å². The standard InChI is InChI=1S/C7H12O3/c1-5(8)4-7(9)10-6-2-3-6/h5-6,8H,2-4H2,1H3. The number of hydrogen-bond donors (Lipinski definition) is 1. The van der Waals surface area contributed by atoms with Crippen LogP contribution < -0.4 is 0 Å². The largest absolute Gasteiger partial charge is 0.462 e. The monoisotopic (exact) mass is 144 g/mol. The predicted octanol–water partition coefficient (Wildman–Crippen LogP) is 0.463. The highest BCUT2D eigenvalue weighted by molar-refractivity contribution is 5.70. The fourth-order valence-electron chi connectivity index (χ4n) is 0.661. The van der Waals surface area contributed by atoms with Crippen LogP contribution in [0.5, 0.6) is 0 Å². The summed E-state index contributed by atoms with van der Waals surface area (Å²) in [6.07, 6.45) is 1.69. The number of aliphatic hydroxyl groups is 1. The van der Waals surface area contributed by atoms with E-state index in [0.29, 0.717) is 0 Å². The highest BCUT2D eigenvalue weighted by atomic mass is 16.5. The van der Waals surface area contributed by atoms with Crippen LogP contribution in [0.4, 0.5) is 0 Å². The molecule has 0 heterocycles. The Morgan fingerprint density at radius 3 is 2.80 bits per heavy atom. The van der Waals surface area contributed by atoms with E-state index < -0.39 is 6.10 Å². The van der Waals surface area contributed by atoms with Gasteiger partial charge in [0.1, 0.15) is 6.10 Å². The molecule has 0 spiro atoms. The first kappa shape index (κ1) is 7.54. The van der Waals surface area contributed by atoms with Gasteiger partial charge >= 0.3 is 5.97 Å². The summed E-state index contributed by atoms with van der Waals surface area (Å²) >= 11 is 0. The molecule has 1 N–H and O–H groups in total. The molecule has 10 heavy (non-hydrogen) atoms. The Balaban J connectivity index is 2.08. The smallest absolute Gasteiger partial charge is 0.308 e. The van der Waals surface area contributed by atoms with E-state index in [2.05, 4.69) is 0 Å². The summed E-state index contributed by atoms with van der Waals surface area (Å²) in [4.78, 5) is 10.7. The number of carbonyl (C=O) groups is 1. The first-order chi connectivity index (χ1) is 4.68. The van der Waals surface area contributed by atoms with Crippen LogP contribution in [0.3, 0.4) is 0 Å². The van der Waals surface area contributed by atoms with Crippen LogP contribution in [-0.4, -0.2) is 23.3 Å². The third-order valence-corrected chi connectivity index (χ3v) is 1.28. The Bertz CT molecular complexity index is 121. The molecular weight excluding hydrogens is 132 g/mol. The second-order valence-corrected chi connectivity index (χ2v) is 2.74. The Kier molecular flexibility index (Phi) is 2.27. The molecule has 1 aliphatic carbocycles.